The molecular formula is C15H27N3O3. The maximum Gasteiger partial charge on any atom is 0.404 e. The zero-order chi connectivity index (χ0) is 15.6. The van der Waals surface area contributed by atoms with E-state index in [1.54, 1.807) is 0 Å². The number of hydrogen-bond acceptors (Lipinski definition) is 3. The van der Waals surface area contributed by atoms with Crippen LogP contribution in [0.1, 0.15) is 46.5 Å². The molecule has 0 saturated carbocycles. The molecule has 6 nitrogen and oxygen atoms in total. The molecule has 2 saturated heterocycles. The fraction of sp³-hybridized carbons (Fsp3) is 0.867. The highest BCUT2D eigenvalue weighted by molar-refractivity contribution is 5.78. The van der Waals surface area contributed by atoms with Crippen molar-refractivity contribution < 1.29 is 14.7 Å². The summed E-state index contributed by atoms with van der Waals surface area (Å²) in [5.41, 5.74) is -0.195. The normalized spacial score (nSPS) is 29.2. The van der Waals surface area contributed by atoms with Gasteiger partial charge in [-0.15, -0.1) is 0 Å². The van der Waals surface area contributed by atoms with Gasteiger partial charge < -0.3 is 15.7 Å². The van der Waals surface area contributed by atoms with Crippen LogP contribution in [0.4, 0.5) is 4.79 Å². The Morgan fingerprint density at radius 2 is 1.76 bits per heavy atom. The van der Waals surface area contributed by atoms with Gasteiger partial charge in [0.25, 0.3) is 0 Å². The molecule has 120 valence electrons. The van der Waals surface area contributed by atoms with Gasteiger partial charge in [-0.25, -0.2) is 4.79 Å². The number of nitrogens with one attached hydrogen (secondary N) is 2. The van der Waals surface area contributed by atoms with E-state index < -0.39 is 6.09 Å². The van der Waals surface area contributed by atoms with Crippen LogP contribution in [-0.2, 0) is 4.79 Å². The number of carbonyl (C=O) groups excluding carboxylic acids is 1. The molecule has 0 unspecified atom stereocenters. The summed E-state index contributed by atoms with van der Waals surface area (Å²) >= 11 is 0. The quantitative estimate of drug-likeness (QED) is 0.733. The van der Waals surface area contributed by atoms with Crippen LogP contribution in [0.15, 0.2) is 0 Å². The van der Waals surface area contributed by atoms with Gasteiger partial charge in [0.15, 0.2) is 0 Å². The molecule has 2 bridgehead atoms. The van der Waals surface area contributed by atoms with Crippen molar-refractivity contribution >= 4 is 12.0 Å². The van der Waals surface area contributed by atoms with E-state index in [1.165, 1.54) is 0 Å². The van der Waals surface area contributed by atoms with Crippen LogP contribution < -0.4 is 10.6 Å². The van der Waals surface area contributed by atoms with E-state index in [4.69, 9.17) is 5.11 Å². The van der Waals surface area contributed by atoms with Gasteiger partial charge in [0, 0.05) is 24.2 Å². The lowest BCUT2D eigenvalue weighted by atomic mass is 9.90. The fourth-order valence-corrected chi connectivity index (χ4v) is 3.67. The summed E-state index contributed by atoms with van der Waals surface area (Å²) in [7, 11) is 0. The minimum atomic E-state index is -0.950. The number of piperidine rings is 1. The average Bonchev–Trinajstić information content (AvgIpc) is 2.58. The van der Waals surface area contributed by atoms with Gasteiger partial charge >= 0.3 is 6.09 Å². The van der Waals surface area contributed by atoms with Gasteiger partial charge in [-0.05, 0) is 52.4 Å². The minimum Gasteiger partial charge on any atom is -0.465 e. The number of amides is 2. The SMILES string of the molecule is CC(C)(C)NC(=O)CN1[C@@H]2CC[C@H]1C[C@@H](CNC(=O)O)C2. The van der Waals surface area contributed by atoms with Crippen LogP contribution in [0.3, 0.4) is 0 Å². The highest BCUT2D eigenvalue weighted by atomic mass is 16.4. The van der Waals surface area contributed by atoms with Crippen molar-refractivity contribution in [3.8, 4) is 0 Å². The number of fused-ring (bicyclic) bond motifs is 2. The Morgan fingerprint density at radius 3 is 2.24 bits per heavy atom. The van der Waals surface area contributed by atoms with Crippen molar-refractivity contribution in [2.75, 3.05) is 13.1 Å². The summed E-state index contributed by atoms with van der Waals surface area (Å²) in [5, 5.41) is 14.2. The Morgan fingerprint density at radius 1 is 1.19 bits per heavy atom. The Bertz CT molecular complexity index is 391. The van der Waals surface area contributed by atoms with Crippen LogP contribution in [0.5, 0.6) is 0 Å². The van der Waals surface area contributed by atoms with Crippen molar-refractivity contribution in [1.82, 2.24) is 15.5 Å². The summed E-state index contributed by atoms with van der Waals surface area (Å²) in [6.45, 7) is 6.96. The Labute approximate surface area is 126 Å². The lowest BCUT2D eigenvalue weighted by molar-refractivity contribution is -0.125. The van der Waals surface area contributed by atoms with E-state index in [0.717, 1.165) is 25.7 Å². The van der Waals surface area contributed by atoms with Crippen LogP contribution >= 0.6 is 0 Å². The first kappa shape index (κ1) is 16.1. The number of nitrogens with zero attached hydrogens (tertiary/aromatic N) is 1. The maximum atomic E-state index is 12.1. The van der Waals surface area contributed by atoms with Crippen LogP contribution in [0.25, 0.3) is 0 Å². The molecule has 2 heterocycles. The molecule has 0 spiro atoms. The predicted molar refractivity (Wildman–Crippen MR) is 80.2 cm³/mol. The molecule has 0 aliphatic carbocycles. The van der Waals surface area contributed by atoms with Gasteiger partial charge in [-0.1, -0.05) is 0 Å². The molecule has 3 atom stereocenters. The van der Waals surface area contributed by atoms with Crippen LogP contribution in [-0.4, -0.2) is 52.7 Å². The monoisotopic (exact) mass is 297 g/mol. The lowest BCUT2D eigenvalue weighted by Gasteiger charge is -2.39. The smallest absolute Gasteiger partial charge is 0.404 e. The van der Waals surface area contributed by atoms with Crippen molar-refractivity contribution in [3.63, 3.8) is 0 Å². The van der Waals surface area contributed by atoms with E-state index in [0.29, 0.717) is 31.1 Å². The second kappa shape index (κ2) is 6.22. The lowest BCUT2D eigenvalue weighted by Crippen LogP contribution is -2.51. The Hall–Kier alpha value is -1.30. The largest absolute Gasteiger partial charge is 0.465 e. The average molecular weight is 297 g/mol. The van der Waals surface area contributed by atoms with Crippen LogP contribution in [0.2, 0.25) is 0 Å². The molecular weight excluding hydrogens is 270 g/mol. The summed E-state index contributed by atoms with van der Waals surface area (Å²) in [5.74, 6) is 0.488. The third-order valence-electron chi connectivity index (χ3n) is 4.36. The van der Waals surface area contributed by atoms with E-state index >= 15 is 0 Å². The molecule has 0 radical (unpaired) electrons. The topological polar surface area (TPSA) is 81.7 Å². The highest BCUT2D eigenvalue weighted by Gasteiger charge is 2.41. The molecule has 2 fully saturated rings. The molecule has 2 amide bonds. The van der Waals surface area contributed by atoms with E-state index in [1.807, 2.05) is 20.8 Å². The molecule has 2 aliphatic rings. The molecule has 0 aromatic rings. The van der Waals surface area contributed by atoms with E-state index in [-0.39, 0.29) is 11.4 Å². The highest BCUT2D eigenvalue weighted by Crippen LogP contribution is 2.38. The van der Waals surface area contributed by atoms with Gasteiger partial charge in [-0.3, -0.25) is 9.69 Å². The second-order valence-corrected chi connectivity index (χ2v) is 7.38. The minimum absolute atomic E-state index is 0.0847. The summed E-state index contributed by atoms with van der Waals surface area (Å²) in [4.78, 5) is 25.0. The van der Waals surface area contributed by atoms with Crippen molar-refractivity contribution in [3.05, 3.63) is 0 Å². The number of carboxylic acid groups (broad SMARTS) is 1. The molecule has 0 aromatic heterocycles. The number of rotatable bonds is 4. The summed E-state index contributed by atoms with van der Waals surface area (Å²) in [6.07, 6.45) is 3.27. The van der Waals surface area contributed by atoms with Crippen molar-refractivity contribution in [2.45, 2.75) is 64.1 Å². The van der Waals surface area contributed by atoms with Gasteiger partial charge in [0.2, 0.25) is 5.91 Å². The van der Waals surface area contributed by atoms with Crippen molar-refractivity contribution in [1.29, 1.82) is 0 Å². The fourth-order valence-electron chi connectivity index (χ4n) is 3.67. The maximum absolute atomic E-state index is 12.1. The molecule has 2 aliphatic heterocycles. The Kier molecular flexibility index (Phi) is 4.76. The third-order valence-corrected chi connectivity index (χ3v) is 4.36. The standard InChI is InChI=1S/C15H27N3O3/c1-15(2,3)17-13(19)9-18-11-4-5-12(18)7-10(6-11)8-16-14(20)21/h10-12,16H,4-9H2,1-3H3,(H,17,19)(H,20,21)/t10-,11+,12-. The van der Waals surface area contributed by atoms with Gasteiger partial charge in [-0.2, -0.15) is 0 Å². The summed E-state index contributed by atoms with van der Waals surface area (Å²) < 4.78 is 0. The predicted octanol–water partition coefficient (Wildman–Crippen LogP) is 1.41. The first-order valence-corrected chi connectivity index (χ1v) is 7.78. The van der Waals surface area contributed by atoms with E-state index in [9.17, 15) is 9.59 Å². The molecule has 0 aromatic carbocycles. The van der Waals surface area contributed by atoms with Gasteiger partial charge in [0.1, 0.15) is 0 Å². The second-order valence-electron chi connectivity index (χ2n) is 7.38. The first-order valence-electron chi connectivity index (χ1n) is 7.78. The molecule has 3 N–H and O–H groups in total. The van der Waals surface area contributed by atoms with E-state index in [2.05, 4.69) is 15.5 Å². The zero-order valence-electron chi connectivity index (χ0n) is 13.2. The van der Waals surface area contributed by atoms with Crippen LogP contribution in [0, 0.1) is 5.92 Å². The molecule has 2 rings (SSSR count). The third kappa shape index (κ3) is 4.59. The molecule has 21 heavy (non-hydrogen) atoms. The number of hydrogen-bond donors (Lipinski definition) is 3. The van der Waals surface area contributed by atoms with Crippen molar-refractivity contribution in [2.24, 2.45) is 5.92 Å². The first-order chi connectivity index (χ1) is 9.74. The summed E-state index contributed by atoms with van der Waals surface area (Å²) in [6, 6.07) is 0.852. The molecule has 6 heteroatoms. The van der Waals surface area contributed by atoms with Gasteiger partial charge in [0.05, 0.1) is 6.54 Å². The zero-order valence-corrected chi connectivity index (χ0v) is 13.2. The Balaban J connectivity index is 1.85. The number of carbonyl (C=O) groups is 2.